The van der Waals surface area contributed by atoms with E-state index in [0.29, 0.717) is 0 Å². The maximum Gasteiger partial charge on any atom is 0.417 e. The number of hydrogen-bond donors (Lipinski definition) is 0. The molecule has 10 heavy (non-hydrogen) atoms. The Balaban J connectivity index is 2.97. The average molecular weight is 144 g/mol. The SMILES string of the molecule is FC(F)(F)c1[c]ccc[c]1. The van der Waals surface area contributed by atoms with Crippen LogP contribution in [0.5, 0.6) is 0 Å². The molecule has 2 radical (unpaired) electrons. The first-order valence-electron chi connectivity index (χ1n) is 2.56. The highest BCUT2D eigenvalue weighted by Gasteiger charge is 2.30. The van der Waals surface area contributed by atoms with Gasteiger partial charge < -0.3 is 0 Å². The van der Waals surface area contributed by atoms with Crippen molar-refractivity contribution in [2.45, 2.75) is 6.18 Å². The van der Waals surface area contributed by atoms with Crippen molar-refractivity contribution >= 4 is 0 Å². The van der Waals surface area contributed by atoms with Crippen LogP contribution in [-0.2, 0) is 6.18 Å². The molecule has 0 spiro atoms. The van der Waals surface area contributed by atoms with E-state index in [-0.39, 0.29) is 0 Å². The maximum atomic E-state index is 11.7. The van der Waals surface area contributed by atoms with Crippen LogP contribution in [0.2, 0.25) is 0 Å². The third-order valence-electron chi connectivity index (χ3n) is 0.931. The highest BCUT2D eigenvalue weighted by molar-refractivity contribution is 5.14. The zero-order chi connectivity index (χ0) is 7.61. The minimum Gasteiger partial charge on any atom is -0.166 e. The van der Waals surface area contributed by atoms with Gasteiger partial charge in [-0.3, -0.25) is 0 Å². The van der Waals surface area contributed by atoms with E-state index in [9.17, 15) is 13.2 Å². The Morgan fingerprint density at radius 2 is 1.60 bits per heavy atom. The smallest absolute Gasteiger partial charge is 0.166 e. The molecule has 0 amide bonds. The van der Waals surface area contributed by atoms with Gasteiger partial charge in [-0.25, -0.2) is 0 Å². The Hall–Kier alpha value is -0.990. The van der Waals surface area contributed by atoms with Crippen molar-refractivity contribution in [3.8, 4) is 0 Å². The van der Waals surface area contributed by atoms with Crippen LogP contribution in [0.3, 0.4) is 0 Å². The van der Waals surface area contributed by atoms with Crippen molar-refractivity contribution in [3.05, 3.63) is 35.9 Å². The largest absolute Gasteiger partial charge is 0.417 e. The molecule has 0 bridgehead atoms. The van der Waals surface area contributed by atoms with Crippen molar-refractivity contribution in [3.63, 3.8) is 0 Å². The molecule has 1 aromatic carbocycles. The van der Waals surface area contributed by atoms with E-state index in [1.165, 1.54) is 18.2 Å². The highest BCUT2D eigenvalue weighted by Crippen LogP contribution is 2.27. The third kappa shape index (κ3) is 1.50. The van der Waals surface area contributed by atoms with Crippen LogP contribution in [0.15, 0.2) is 18.2 Å². The van der Waals surface area contributed by atoms with Gasteiger partial charge in [-0.15, -0.1) is 0 Å². The molecule has 0 nitrogen and oxygen atoms in total. The van der Waals surface area contributed by atoms with Gasteiger partial charge in [0, 0.05) is 0 Å². The summed E-state index contributed by atoms with van der Waals surface area (Å²) in [5.74, 6) is 0. The maximum absolute atomic E-state index is 11.7. The summed E-state index contributed by atoms with van der Waals surface area (Å²) in [6.07, 6.45) is -4.32. The minimum absolute atomic E-state index is 0.852. The predicted molar refractivity (Wildman–Crippen MR) is 29.1 cm³/mol. The van der Waals surface area contributed by atoms with E-state index >= 15 is 0 Å². The fraction of sp³-hybridized carbons (Fsp3) is 0.143. The molecule has 0 heterocycles. The number of hydrogen-bond acceptors (Lipinski definition) is 0. The zero-order valence-electron chi connectivity index (χ0n) is 4.87. The summed E-state index contributed by atoms with van der Waals surface area (Å²) in [4.78, 5) is 0. The number of alkyl halides is 3. The number of rotatable bonds is 0. The third-order valence-corrected chi connectivity index (χ3v) is 0.931. The molecule has 0 saturated carbocycles. The molecule has 1 rings (SSSR count). The van der Waals surface area contributed by atoms with Gasteiger partial charge >= 0.3 is 6.18 Å². The van der Waals surface area contributed by atoms with Crippen molar-refractivity contribution in [1.29, 1.82) is 0 Å². The van der Waals surface area contributed by atoms with E-state index in [0.717, 1.165) is 0 Å². The molecule has 0 saturated heterocycles. The summed E-state index contributed by atoms with van der Waals surface area (Å²) in [5, 5.41) is 0. The summed E-state index contributed by atoms with van der Waals surface area (Å²) in [7, 11) is 0. The second-order valence-corrected chi connectivity index (χ2v) is 1.69. The monoisotopic (exact) mass is 144 g/mol. The lowest BCUT2D eigenvalue weighted by Gasteiger charge is -2.02. The van der Waals surface area contributed by atoms with Gasteiger partial charge in [-0.05, 0) is 12.1 Å². The Labute approximate surface area is 56.3 Å². The predicted octanol–water partition coefficient (Wildman–Crippen LogP) is 2.31. The lowest BCUT2D eigenvalue weighted by atomic mass is 10.2. The molecule has 0 aliphatic carbocycles. The van der Waals surface area contributed by atoms with E-state index < -0.39 is 11.7 Å². The number of benzene rings is 1. The molecule has 0 aliphatic heterocycles. The van der Waals surface area contributed by atoms with Crippen LogP contribution in [0.25, 0.3) is 0 Å². The molecule has 0 aromatic heterocycles. The summed E-state index contributed by atoms with van der Waals surface area (Å²) < 4.78 is 35.2. The van der Waals surface area contributed by atoms with Crippen molar-refractivity contribution in [2.24, 2.45) is 0 Å². The zero-order valence-corrected chi connectivity index (χ0v) is 4.87. The summed E-state index contributed by atoms with van der Waals surface area (Å²) in [5.41, 5.74) is -0.852. The van der Waals surface area contributed by atoms with Crippen molar-refractivity contribution in [1.82, 2.24) is 0 Å². The quantitative estimate of drug-likeness (QED) is 0.524. The van der Waals surface area contributed by atoms with Crippen LogP contribution in [-0.4, -0.2) is 0 Å². The van der Waals surface area contributed by atoms with Gasteiger partial charge in [0.15, 0.2) is 0 Å². The van der Waals surface area contributed by atoms with Gasteiger partial charge in [-0.2, -0.15) is 13.2 Å². The fourth-order valence-electron chi connectivity index (χ4n) is 0.516. The van der Waals surface area contributed by atoms with Crippen molar-refractivity contribution < 1.29 is 13.2 Å². The standard InChI is InChI=1S/C7H3F3/c8-7(9,10)6-4-2-1-3-5-6/h1-3H. The topological polar surface area (TPSA) is 0 Å². The van der Waals surface area contributed by atoms with Gasteiger partial charge in [0.25, 0.3) is 0 Å². The van der Waals surface area contributed by atoms with E-state index in [2.05, 4.69) is 0 Å². The molecule has 3 heteroatoms. The van der Waals surface area contributed by atoms with E-state index in [1.54, 1.807) is 0 Å². The minimum atomic E-state index is -4.32. The van der Waals surface area contributed by atoms with E-state index in [4.69, 9.17) is 0 Å². The van der Waals surface area contributed by atoms with Crippen LogP contribution in [0.1, 0.15) is 5.56 Å². The second-order valence-electron chi connectivity index (χ2n) is 1.69. The summed E-state index contributed by atoms with van der Waals surface area (Å²) >= 11 is 0. The Kier molecular flexibility index (Phi) is 1.66. The average Bonchev–Trinajstić information content (AvgIpc) is 1.88. The molecule has 52 valence electrons. The van der Waals surface area contributed by atoms with Crippen molar-refractivity contribution in [2.75, 3.05) is 0 Å². The molecule has 0 atom stereocenters. The van der Waals surface area contributed by atoms with Crippen LogP contribution >= 0.6 is 0 Å². The van der Waals surface area contributed by atoms with Gasteiger partial charge in [-0.1, -0.05) is 18.2 Å². The van der Waals surface area contributed by atoms with Crippen LogP contribution in [0, 0.1) is 12.1 Å². The molecule has 0 aliphatic rings. The second kappa shape index (κ2) is 2.33. The molecule has 0 N–H and O–H groups in total. The molecule has 1 aromatic rings. The Morgan fingerprint density at radius 3 is 1.90 bits per heavy atom. The fourth-order valence-corrected chi connectivity index (χ4v) is 0.516. The van der Waals surface area contributed by atoms with E-state index in [1.807, 2.05) is 12.1 Å². The highest BCUT2D eigenvalue weighted by atomic mass is 19.4. The first-order chi connectivity index (χ1) is 4.61. The lowest BCUT2D eigenvalue weighted by Crippen LogP contribution is -2.04. The normalized spacial score (nSPS) is 11.5. The van der Waals surface area contributed by atoms with Gasteiger partial charge in [0.2, 0.25) is 0 Å². The first-order valence-corrected chi connectivity index (χ1v) is 2.56. The number of halogens is 3. The summed E-state index contributed by atoms with van der Waals surface area (Å²) in [6.45, 7) is 0. The Bertz CT molecular complexity index is 200. The first kappa shape index (κ1) is 7.12. The molecular formula is C7H3F3. The lowest BCUT2D eigenvalue weighted by molar-refractivity contribution is -0.138. The van der Waals surface area contributed by atoms with Crippen LogP contribution in [0.4, 0.5) is 13.2 Å². The molecule has 0 fully saturated rings. The van der Waals surface area contributed by atoms with Gasteiger partial charge in [0.05, 0.1) is 5.56 Å². The van der Waals surface area contributed by atoms with Gasteiger partial charge in [0.1, 0.15) is 0 Å². The summed E-state index contributed by atoms with van der Waals surface area (Å²) in [6, 6.07) is 7.91. The molecule has 0 unspecified atom stereocenters. The Morgan fingerprint density at radius 1 is 1.10 bits per heavy atom. The van der Waals surface area contributed by atoms with Crippen LogP contribution < -0.4 is 0 Å². The molecular weight excluding hydrogens is 141 g/mol.